The summed E-state index contributed by atoms with van der Waals surface area (Å²) < 4.78 is 15.7. The predicted molar refractivity (Wildman–Crippen MR) is 72.7 cm³/mol. The lowest BCUT2D eigenvalue weighted by atomic mass is 9.86. The van der Waals surface area contributed by atoms with Gasteiger partial charge in [0, 0.05) is 0 Å². The van der Waals surface area contributed by atoms with Crippen LogP contribution in [0.5, 0.6) is 11.5 Å². The molecule has 0 radical (unpaired) electrons. The second kappa shape index (κ2) is 6.13. The van der Waals surface area contributed by atoms with Gasteiger partial charge in [-0.25, -0.2) is 0 Å². The van der Waals surface area contributed by atoms with E-state index >= 15 is 0 Å². The summed E-state index contributed by atoms with van der Waals surface area (Å²) in [6.45, 7) is 4.76. The van der Waals surface area contributed by atoms with Gasteiger partial charge in [-0.2, -0.15) is 0 Å². The summed E-state index contributed by atoms with van der Waals surface area (Å²) in [5.74, 6) is 0.196. The SMILES string of the molecule is COC(=O)C(C(C)C)C(O)c1ccc2c(c1)OCCO2. The van der Waals surface area contributed by atoms with Gasteiger partial charge in [-0.3, -0.25) is 4.79 Å². The minimum Gasteiger partial charge on any atom is -0.486 e. The highest BCUT2D eigenvalue weighted by molar-refractivity contribution is 5.73. The second-order valence-corrected chi connectivity index (χ2v) is 5.14. The van der Waals surface area contributed by atoms with E-state index < -0.39 is 18.0 Å². The van der Waals surface area contributed by atoms with Crippen LogP contribution in [-0.2, 0) is 9.53 Å². The molecule has 0 fully saturated rings. The Bertz CT molecular complexity index is 483. The Hall–Kier alpha value is -1.75. The first-order valence-electron chi connectivity index (χ1n) is 6.70. The van der Waals surface area contributed by atoms with Crippen molar-refractivity contribution >= 4 is 5.97 Å². The highest BCUT2D eigenvalue weighted by atomic mass is 16.6. The molecule has 2 atom stereocenters. The van der Waals surface area contributed by atoms with Crippen LogP contribution < -0.4 is 9.47 Å². The van der Waals surface area contributed by atoms with Gasteiger partial charge >= 0.3 is 5.97 Å². The molecular weight excluding hydrogens is 260 g/mol. The molecule has 1 N–H and O–H groups in total. The molecule has 0 aliphatic carbocycles. The number of methoxy groups -OCH3 is 1. The molecule has 2 rings (SSSR count). The second-order valence-electron chi connectivity index (χ2n) is 5.14. The number of carbonyl (C=O) groups excluding carboxylic acids is 1. The number of aliphatic hydroxyl groups is 1. The normalized spacial score (nSPS) is 16.6. The van der Waals surface area contributed by atoms with Crippen LogP contribution in [0.4, 0.5) is 0 Å². The third kappa shape index (κ3) is 2.88. The molecule has 0 saturated heterocycles. The Morgan fingerprint density at radius 1 is 1.25 bits per heavy atom. The first-order chi connectivity index (χ1) is 9.54. The molecule has 0 spiro atoms. The molecule has 0 bridgehead atoms. The zero-order chi connectivity index (χ0) is 14.7. The van der Waals surface area contributed by atoms with E-state index in [0.29, 0.717) is 30.3 Å². The van der Waals surface area contributed by atoms with Crippen molar-refractivity contribution in [3.05, 3.63) is 23.8 Å². The van der Waals surface area contributed by atoms with Crippen molar-refractivity contribution in [3.63, 3.8) is 0 Å². The van der Waals surface area contributed by atoms with Crippen LogP contribution in [0.2, 0.25) is 0 Å². The molecule has 5 heteroatoms. The number of rotatable bonds is 4. The van der Waals surface area contributed by atoms with Gasteiger partial charge in [-0.15, -0.1) is 0 Å². The fraction of sp³-hybridized carbons (Fsp3) is 0.533. The minimum absolute atomic E-state index is 0.0364. The van der Waals surface area contributed by atoms with Crippen LogP contribution in [0.1, 0.15) is 25.5 Å². The van der Waals surface area contributed by atoms with Gasteiger partial charge in [0.05, 0.1) is 19.1 Å². The number of esters is 1. The Morgan fingerprint density at radius 2 is 1.90 bits per heavy atom. The summed E-state index contributed by atoms with van der Waals surface area (Å²) in [5, 5.41) is 10.5. The number of hydrogen-bond acceptors (Lipinski definition) is 5. The van der Waals surface area contributed by atoms with Gasteiger partial charge in [0.1, 0.15) is 13.2 Å². The number of carbonyl (C=O) groups is 1. The van der Waals surface area contributed by atoms with Crippen molar-refractivity contribution in [3.8, 4) is 11.5 Å². The fourth-order valence-corrected chi connectivity index (χ4v) is 2.35. The number of fused-ring (bicyclic) bond motifs is 1. The molecule has 2 unspecified atom stereocenters. The smallest absolute Gasteiger partial charge is 0.311 e. The van der Waals surface area contributed by atoms with Gasteiger partial charge in [-0.1, -0.05) is 19.9 Å². The molecule has 1 aliphatic heterocycles. The van der Waals surface area contributed by atoms with Crippen LogP contribution in [0.25, 0.3) is 0 Å². The average molecular weight is 280 g/mol. The summed E-state index contributed by atoms with van der Waals surface area (Å²) in [7, 11) is 1.33. The maximum absolute atomic E-state index is 11.8. The molecular formula is C15H20O5. The lowest BCUT2D eigenvalue weighted by Gasteiger charge is -2.25. The molecule has 0 amide bonds. The van der Waals surface area contributed by atoms with Crippen LogP contribution in [-0.4, -0.2) is 31.4 Å². The standard InChI is InChI=1S/C15H20O5/c1-9(2)13(15(17)18-3)14(16)10-4-5-11-12(8-10)20-7-6-19-11/h4-5,8-9,13-14,16H,6-7H2,1-3H3. The van der Waals surface area contributed by atoms with E-state index in [1.165, 1.54) is 7.11 Å². The van der Waals surface area contributed by atoms with Gasteiger partial charge in [0.25, 0.3) is 0 Å². The lowest BCUT2D eigenvalue weighted by molar-refractivity contribution is -0.152. The molecule has 1 aromatic carbocycles. The molecule has 1 heterocycles. The van der Waals surface area contributed by atoms with Gasteiger partial charge in [0.15, 0.2) is 11.5 Å². The molecule has 0 saturated carbocycles. The van der Waals surface area contributed by atoms with Gasteiger partial charge in [0.2, 0.25) is 0 Å². The highest BCUT2D eigenvalue weighted by Gasteiger charge is 2.32. The topological polar surface area (TPSA) is 65.0 Å². The fourth-order valence-electron chi connectivity index (χ4n) is 2.35. The molecule has 5 nitrogen and oxygen atoms in total. The summed E-state index contributed by atoms with van der Waals surface area (Å²) >= 11 is 0. The summed E-state index contributed by atoms with van der Waals surface area (Å²) in [5.41, 5.74) is 0.623. The summed E-state index contributed by atoms with van der Waals surface area (Å²) in [4.78, 5) is 11.8. The zero-order valence-corrected chi connectivity index (χ0v) is 12.0. The Kier molecular flexibility index (Phi) is 4.49. The molecule has 20 heavy (non-hydrogen) atoms. The molecule has 1 aromatic rings. The third-order valence-corrected chi connectivity index (χ3v) is 3.44. The van der Waals surface area contributed by atoms with Crippen molar-refractivity contribution in [2.24, 2.45) is 11.8 Å². The van der Waals surface area contributed by atoms with Crippen molar-refractivity contribution < 1.29 is 24.1 Å². The van der Waals surface area contributed by atoms with E-state index in [2.05, 4.69) is 0 Å². The van der Waals surface area contributed by atoms with Crippen molar-refractivity contribution in [1.29, 1.82) is 0 Å². The first kappa shape index (κ1) is 14.7. The van der Waals surface area contributed by atoms with E-state index in [9.17, 15) is 9.90 Å². The Labute approximate surface area is 118 Å². The van der Waals surface area contributed by atoms with E-state index in [1.807, 2.05) is 13.8 Å². The summed E-state index contributed by atoms with van der Waals surface area (Å²) in [6, 6.07) is 5.22. The Balaban J connectivity index is 2.27. The number of ether oxygens (including phenoxy) is 3. The van der Waals surface area contributed by atoms with E-state index in [4.69, 9.17) is 14.2 Å². The van der Waals surface area contributed by atoms with Gasteiger partial charge < -0.3 is 19.3 Å². The van der Waals surface area contributed by atoms with Crippen LogP contribution in [0, 0.1) is 11.8 Å². The first-order valence-corrected chi connectivity index (χ1v) is 6.70. The van der Waals surface area contributed by atoms with Crippen molar-refractivity contribution in [1.82, 2.24) is 0 Å². The summed E-state index contributed by atoms with van der Waals surface area (Å²) in [6.07, 6.45) is -0.932. The van der Waals surface area contributed by atoms with E-state index in [-0.39, 0.29) is 5.92 Å². The third-order valence-electron chi connectivity index (χ3n) is 3.44. The van der Waals surface area contributed by atoms with Crippen LogP contribution in [0.15, 0.2) is 18.2 Å². The molecule has 1 aliphatic rings. The maximum Gasteiger partial charge on any atom is 0.311 e. The maximum atomic E-state index is 11.8. The highest BCUT2D eigenvalue weighted by Crippen LogP contribution is 2.36. The Morgan fingerprint density at radius 3 is 2.50 bits per heavy atom. The van der Waals surface area contributed by atoms with Crippen LogP contribution in [0.3, 0.4) is 0 Å². The van der Waals surface area contributed by atoms with Crippen molar-refractivity contribution in [2.75, 3.05) is 20.3 Å². The lowest BCUT2D eigenvalue weighted by Crippen LogP contribution is -2.28. The number of benzene rings is 1. The van der Waals surface area contributed by atoms with Crippen molar-refractivity contribution in [2.45, 2.75) is 20.0 Å². The predicted octanol–water partition coefficient (Wildman–Crippen LogP) is 1.94. The number of aliphatic hydroxyl groups excluding tert-OH is 1. The largest absolute Gasteiger partial charge is 0.486 e. The average Bonchev–Trinajstić information content (AvgIpc) is 2.46. The van der Waals surface area contributed by atoms with E-state index in [0.717, 1.165) is 0 Å². The molecule has 110 valence electrons. The zero-order valence-electron chi connectivity index (χ0n) is 12.0. The molecule has 0 aromatic heterocycles. The monoisotopic (exact) mass is 280 g/mol. The number of hydrogen-bond donors (Lipinski definition) is 1. The quantitative estimate of drug-likeness (QED) is 0.854. The minimum atomic E-state index is -0.932. The van der Waals surface area contributed by atoms with Gasteiger partial charge in [-0.05, 0) is 23.6 Å². The van der Waals surface area contributed by atoms with E-state index in [1.54, 1.807) is 18.2 Å². The van der Waals surface area contributed by atoms with Crippen LogP contribution >= 0.6 is 0 Å².